The minimum atomic E-state index is -3.87. The van der Waals surface area contributed by atoms with Crippen molar-refractivity contribution in [2.45, 2.75) is 56.4 Å². The molecule has 0 heterocycles. The van der Waals surface area contributed by atoms with Crippen LogP contribution in [0, 0.1) is 37.0 Å². The largest absolute Gasteiger partial charge is 0.296 e. The van der Waals surface area contributed by atoms with Crippen molar-refractivity contribution in [2.75, 3.05) is 6.61 Å². The van der Waals surface area contributed by atoms with Gasteiger partial charge in [-0.2, -0.15) is 8.42 Å². The molecule has 6 nitrogen and oxygen atoms in total. The standard InChI is InChI=1S/C24H31NO5S2/c1-16-5-9-18(10-6-16)31(26,27)25-23-20-13-14-21(23)24(3,4)22(20)15-30-32(28,29)19-11-7-17(2)8-12-19/h5-12,20-23,25H,13-15H2,1-4H3/t20?,21-,22?,23?/m1/s1. The zero-order valence-corrected chi connectivity index (χ0v) is 20.5. The first kappa shape index (κ1) is 23.4. The van der Waals surface area contributed by atoms with Crippen LogP contribution in [-0.2, 0) is 24.3 Å². The number of fused-ring (bicyclic) bond motifs is 2. The lowest BCUT2D eigenvalue weighted by Gasteiger charge is -2.37. The number of sulfonamides is 1. The number of aryl methyl sites for hydroxylation is 2. The molecular formula is C24H31NO5S2. The van der Waals surface area contributed by atoms with Gasteiger partial charge >= 0.3 is 0 Å². The van der Waals surface area contributed by atoms with Gasteiger partial charge in [0.15, 0.2) is 0 Å². The predicted octanol–water partition coefficient (Wildman–Crippen LogP) is 4.04. The minimum Gasteiger partial charge on any atom is -0.266 e. The highest BCUT2D eigenvalue weighted by Gasteiger charge is 2.59. The molecule has 0 aromatic heterocycles. The van der Waals surface area contributed by atoms with E-state index in [4.69, 9.17) is 4.18 Å². The Morgan fingerprint density at radius 1 is 0.875 bits per heavy atom. The summed E-state index contributed by atoms with van der Waals surface area (Å²) in [6.45, 7) is 8.05. The van der Waals surface area contributed by atoms with E-state index in [1.807, 2.05) is 13.8 Å². The van der Waals surface area contributed by atoms with E-state index in [0.29, 0.717) is 0 Å². The van der Waals surface area contributed by atoms with E-state index in [2.05, 4.69) is 18.6 Å². The summed E-state index contributed by atoms with van der Waals surface area (Å²) in [6.07, 6.45) is 1.77. The van der Waals surface area contributed by atoms with Gasteiger partial charge in [0.1, 0.15) is 0 Å². The van der Waals surface area contributed by atoms with Crippen LogP contribution >= 0.6 is 0 Å². The van der Waals surface area contributed by atoms with E-state index >= 15 is 0 Å². The van der Waals surface area contributed by atoms with Crippen molar-refractivity contribution < 1.29 is 21.0 Å². The second kappa shape index (κ2) is 8.24. The van der Waals surface area contributed by atoms with Crippen LogP contribution in [0.1, 0.15) is 37.8 Å². The van der Waals surface area contributed by atoms with Crippen LogP contribution in [0.15, 0.2) is 58.3 Å². The average molecular weight is 478 g/mol. The van der Waals surface area contributed by atoms with Crippen molar-refractivity contribution in [1.82, 2.24) is 4.72 Å². The molecule has 0 aliphatic heterocycles. The van der Waals surface area contributed by atoms with Crippen LogP contribution < -0.4 is 4.72 Å². The fourth-order valence-corrected chi connectivity index (χ4v) is 7.81. The smallest absolute Gasteiger partial charge is 0.266 e. The summed E-state index contributed by atoms with van der Waals surface area (Å²) >= 11 is 0. The summed E-state index contributed by atoms with van der Waals surface area (Å²) in [5.74, 6) is 0.0963. The molecule has 1 N–H and O–H groups in total. The number of hydrogen-bond acceptors (Lipinski definition) is 5. The molecule has 0 saturated heterocycles. The fraction of sp³-hybridized carbons (Fsp3) is 0.500. The molecule has 0 spiro atoms. The maximum absolute atomic E-state index is 13.0. The van der Waals surface area contributed by atoms with E-state index in [1.54, 1.807) is 48.5 Å². The lowest BCUT2D eigenvalue weighted by molar-refractivity contribution is 0.0760. The summed E-state index contributed by atoms with van der Waals surface area (Å²) in [7, 11) is -7.53. The molecule has 2 aromatic rings. The molecular weight excluding hydrogens is 446 g/mol. The average Bonchev–Trinajstić information content (AvgIpc) is 3.19. The van der Waals surface area contributed by atoms with Crippen molar-refractivity contribution in [3.8, 4) is 0 Å². The van der Waals surface area contributed by atoms with Gasteiger partial charge in [-0.15, -0.1) is 0 Å². The number of hydrogen-bond donors (Lipinski definition) is 1. The van der Waals surface area contributed by atoms with Gasteiger partial charge in [-0.3, -0.25) is 4.18 Å². The van der Waals surface area contributed by atoms with Crippen molar-refractivity contribution in [2.24, 2.45) is 23.2 Å². The van der Waals surface area contributed by atoms with Crippen LogP contribution in [0.25, 0.3) is 0 Å². The molecule has 32 heavy (non-hydrogen) atoms. The molecule has 0 amide bonds. The normalized spacial score (nSPS) is 27.0. The molecule has 174 valence electrons. The third-order valence-electron chi connectivity index (χ3n) is 7.47. The van der Waals surface area contributed by atoms with Crippen LogP contribution in [0.3, 0.4) is 0 Å². The Morgan fingerprint density at radius 3 is 1.97 bits per heavy atom. The Morgan fingerprint density at radius 2 is 1.41 bits per heavy atom. The molecule has 3 unspecified atom stereocenters. The van der Waals surface area contributed by atoms with Gasteiger partial charge < -0.3 is 0 Å². The first-order valence-corrected chi connectivity index (χ1v) is 13.9. The Hall–Kier alpha value is -1.74. The molecule has 2 saturated carbocycles. The molecule has 2 fully saturated rings. The number of benzene rings is 2. The number of rotatable bonds is 7. The van der Waals surface area contributed by atoms with Crippen LogP contribution in [0.4, 0.5) is 0 Å². The first-order valence-electron chi connectivity index (χ1n) is 11.0. The lowest BCUT2D eigenvalue weighted by atomic mass is 9.69. The Bertz CT molecular complexity index is 1190. The zero-order chi connectivity index (χ0) is 23.3. The highest BCUT2D eigenvalue weighted by molar-refractivity contribution is 7.89. The Balaban J connectivity index is 1.51. The molecule has 8 heteroatoms. The first-order chi connectivity index (χ1) is 14.9. The molecule has 2 aromatic carbocycles. The summed E-state index contributed by atoms with van der Waals surface area (Å²) in [4.78, 5) is 0.391. The van der Waals surface area contributed by atoms with E-state index in [0.717, 1.165) is 24.0 Å². The zero-order valence-electron chi connectivity index (χ0n) is 18.9. The lowest BCUT2D eigenvalue weighted by Crippen LogP contribution is -2.39. The Labute approximate surface area is 191 Å². The SMILES string of the molecule is Cc1ccc(S(=O)(=O)NC2C3CC[C@H]2C(C)(C)C3COS(=O)(=O)c2ccc(C)cc2)cc1. The monoisotopic (exact) mass is 477 g/mol. The van der Waals surface area contributed by atoms with Gasteiger partial charge in [0.05, 0.1) is 16.4 Å². The quantitative estimate of drug-likeness (QED) is 0.608. The van der Waals surface area contributed by atoms with Crippen molar-refractivity contribution >= 4 is 20.1 Å². The van der Waals surface area contributed by atoms with E-state index in [9.17, 15) is 16.8 Å². The third kappa shape index (κ3) is 4.25. The summed E-state index contributed by atoms with van der Waals surface area (Å²) in [5, 5.41) is 0. The van der Waals surface area contributed by atoms with Gasteiger partial charge in [-0.25, -0.2) is 13.1 Å². The van der Waals surface area contributed by atoms with Crippen LogP contribution in [0.2, 0.25) is 0 Å². The topological polar surface area (TPSA) is 89.5 Å². The summed E-state index contributed by atoms with van der Waals surface area (Å²) in [6, 6.07) is 13.2. The highest BCUT2D eigenvalue weighted by Crippen LogP contribution is 2.59. The van der Waals surface area contributed by atoms with E-state index in [1.165, 1.54) is 0 Å². The van der Waals surface area contributed by atoms with Gasteiger partial charge in [0.2, 0.25) is 10.0 Å². The Kier molecular flexibility index (Phi) is 6.03. The van der Waals surface area contributed by atoms with Crippen molar-refractivity contribution in [1.29, 1.82) is 0 Å². The minimum absolute atomic E-state index is 0.0310. The van der Waals surface area contributed by atoms with Gasteiger partial charge in [-0.05, 0) is 74.1 Å². The third-order valence-corrected chi connectivity index (χ3v) is 10.2. The molecule has 4 rings (SSSR count). The highest BCUT2D eigenvalue weighted by atomic mass is 32.2. The molecule has 2 bridgehead atoms. The van der Waals surface area contributed by atoms with Crippen molar-refractivity contribution in [3.05, 3.63) is 59.7 Å². The second-order valence-corrected chi connectivity index (χ2v) is 13.1. The second-order valence-electron chi connectivity index (χ2n) is 9.79. The number of nitrogens with one attached hydrogen (secondary N) is 1. The van der Waals surface area contributed by atoms with Gasteiger partial charge in [0, 0.05) is 6.04 Å². The maximum Gasteiger partial charge on any atom is 0.296 e. The maximum atomic E-state index is 13.0. The molecule has 2 aliphatic carbocycles. The van der Waals surface area contributed by atoms with E-state index in [-0.39, 0.29) is 45.6 Å². The molecule has 2 aliphatic rings. The molecule has 0 radical (unpaired) electrons. The fourth-order valence-electron chi connectivity index (χ4n) is 5.55. The predicted molar refractivity (Wildman–Crippen MR) is 123 cm³/mol. The van der Waals surface area contributed by atoms with E-state index < -0.39 is 20.1 Å². The van der Waals surface area contributed by atoms with Crippen molar-refractivity contribution in [3.63, 3.8) is 0 Å². The van der Waals surface area contributed by atoms with Gasteiger partial charge in [0.25, 0.3) is 10.1 Å². The van der Waals surface area contributed by atoms with Gasteiger partial charge in [-0.1, -0.05) is 49.2 Å². The van der Waals surface area contributed by atoms with Crippen LogP contribution in [-0.4, -0.2) is 29.5 Å². The summed E-state index contributed by atoms with van der Waals surface area (Å²) in [5.41, 5.74) is 1.73. The molecule has 4 atom stereocenters. The summed E-state index contributed by atoms with van der Waals surface area (Å²) < 4.78 is 59.9. The van der Waals surface area contributed by atoms with Crippen LogP contribution in [0.5, 0.6) is 0 Å².